The molecule has 148 valence electrons. The maximum atomic E-state index is 12.5. The van der Waals surface area contributed by atoms with Gasteiger partial charge in [-0.15, -0.1) is 0 Å². The Labute approximate surface area is 173 Å². The lowest BCUT2D eigenvalue weighted by Crippen LogP contribution is -2.21. The van der Waals surface area contributed by atoms with Gasteiger partial charge in [-0.3, -0.25) is 4.79 Å². The molecule has 0 aliphatic rings. The Morgan fingerprint density at radius 1 is 1.14 bits per heavy atom. The monoisotopic (exact) mass is 436 g/mol. The summed E-state index contributed by atoms with van der Waals surface area (Å²) in [5, 5.41) is 0.437. The van der Waals surface area contributed by atoms with Gasteiger partial charge in [-0.25, -0.2) is 8.42 Å². The molecular weight excluding hydrogens is 416 g/mol. The largest absolute Gasteiger partial charge is 0.316 e. The molecule has 3 rings (SSSR count). The summed E-state index contributed by atoms with van der Waals surface area (Å²) in [4.78, 5) is 17.2. The van der Waals surface area contributed by atoms with E-state index in [4.69, 9.17) is 11.6 Å². The molecule has 0 spiro atoms. The van der Waals surface area contributed by atoms with Crippen LogP contribution in [0.2, 0.25) is 5.02 Å². The van der Waals surface area contributed by atoms with E-state index in [0.717, 1.165) is 16.6 Å². The highest BCUT2D eigenvalue weighted by Crippen LogP contribution is 2.22. The lowest BCUT2D eigenvalue weighted by Gasteiger charge is -2.05. The number of benzene rings is 2. The molecule has 0 aliphatic heterocycles. The molecule has 2 aromatic carbocycles. The standard InChI is InChI=1S/C20H21ClN2O3S2/c1-4-9-23-17-10-13(2)14(3)11-18(17)27-20(23)22-19(24)12-28(25,26)16-7-5-15(21)6-8-16/h5-8,10-11H,4,9,12H2,1-3H3. The Morgan fingerprint density at radius 2 is 1.79 bits per heavy atom. The second-order valence-corrected chi connectivity index (χ2v) is 10.1. The first-order chi connectivity index (χ1) is 13.2. The van der Waals surface area contributed by atoms with E-state index in [1.54, 1.807) is 0 Å². The molecule has 0 atom stereocenters. The fourth-order valence-electron chi connectivity index (χ4n) is 2.87. The van der Waals surface area contributed by atoms with Crippen molar-refractivity contribution in [2.45, 2.75) is 38.6 Å². The van der Waals surface area contributed by atoms with E-state index in [2.05, 4.69) is 17.1 Å². The van der Waals surface area contributed by atoms with Gasteiger partial charge in [-0.05, 0) is 67.8 Å². The number of sulfone groups is 1. The molecule has 8 heteroatoms. The second-order valence-electron chi connectivity index (χ2n) is 6.66. The fourth-order valence-corrected chi connectivity index (χ4v) is 5.26. The van der Waals surface area contributed by atoms with Gasteiger partial charge in [0.25, 0.3) is 5.91 Å². The van der Waals surface area contributed by atoms with Gasteiger partial charge in [-0.2, -0.15) is 4.99 Å². The number of aromatic nitrogens is 1. The van der Waals surface area contributed by atoms with Crippen molar-refractivity contribution in [2.24, 2.45) is 4.99 Å². The molecule has 0 aliphatic carbocycles. The van der Waals surface area contributed by atoms with E-state index in [-0.39, 0.29) is 4.90 Å². The number of thiazole rings is 1. The summed E-state index contributed by atoms with van der Waals surface area (Å²) < 4.78 is 28.0. The average Bonchev–Trinajstić information content (AvgIpc) is 2.92. The number of amides is 1. The Kier molecular flexibility index (Phi) is 6.07. The van der Waals surface area contributed by atoms with Crippen molar-refractivity contribution in [1.82, 2.24) is 4.57 Å². The van der Waals surface area contributed by atoms with Crippen LogP contribution in [0, 0.1) is 13.8 Å². The first kappa shape index (κ1) is 20.8. The molecule has 0 unspecified atom stereocenters. The van der Waals surface area contributed by atoms with Gasteiger partial charge in [0.1, 0.15) is 5.75 Å². The molecule has 1 amide bonds. The molecule has 0 N–H and O–H groups in total. The minimum absolute atomic E-state index is 0.0597. The van der Waals surface area contributed by atoms with Crippen molar-refractivity contribution in [3.05, 3.63) is 57.3 Å². The Balaban J connectivity index is 2.00. The van der Waals surface area contributed by atoms with Crippen LogP contribution in [-0.4, -0.2) is 24.6 Å². The zero-order valence-corrected chi connectivity index (χ0v) is 18.3. The average molecular weight is 437 g/mol. The third kappa shape index (κ3) is 4.37. The predicted octanol–water partition coefficient (Wildman–Crippen LogP) is 4.28. The number of carbonyl (C=O) groups is 1. The molecule has 3 aromatic rings. The number of hydrogen-bond donors (Lipinski definition) is 0. The Bertz CT molecular complexity index is 1210. The molecule has 0 radical (unpaired) electrons. The summed E-state index contributed by atoms with van der Waals surface area (Å²) >= 11 is 7.20. The van der Waals surface area contributed by atoms with Gasteiger partial charge in [0.2, 0.25) is 0 Å². The van der Waals surface area contributed by atoms with Crippen LogP contribution in [0.4, 0.5) is 0 Å². The first-order valence-corrected chi connectivity index (χ1v) is 11.7. The molecule has 5 nitrogen and oxygen atoms in total. The molecular formula is C20H21ClN2O3S2. The Hall–Kier alpha value is -1.96. The van der Waals surface area contributed by atoms with Crippen LogP contribution < -0.4 is 4.80 Å². The van der Waals surface area contributed by atoms with Crippen LogP contribution in [0.3, 0.4) is 0 Å². The number of fused-ring (bicyclic) bond motifs is 1. The van der Waals surface area contributed by atoms with E-state index in [0.29, 0.717) is 16.4 Å². The van der Waals surface area contributed by atoms with Crippen LogP contribution in [0.5, 0.6) is 0 Å². The van der Waals surface area contributed by atoms with Gasteiger partial charge in [0.05, 0.1) is 15.1 Å². The zero-order chi connectivity index (χ0) is 20.5. The number of halogens is 1. The van der Waals surface area contributed by atoms with Crippen LogP contribution in [-0.2, 0) is 21.2 Å². The van der Waals surface area contributed by atoms with E-state index in [1.807, 2.05) is 25.3 Å². The summed E-state index contributed by atoms with van der Waals surface area (Å²) in [6.07, 6.45) is 0.878. The number of carbonyl (C=O) groups excluding carboxylic acids is 1. The van der Waals surface area contributed by atoms with E-state index < -0.39 is 21.5 Å². The van der Waals surface area contributed by atoms with Crippen molar-refractivity contribution >= 4 is 48.9 Å². The van der Waals surface area contributed by atoms with Crippen molar-refractivity contribution in [1.29, 1.82) is 0 Å². The van der Waals surface area contributed by atoms with Crippen LogP contribution in [0.1, 0.15) is 24.5 Å². The third-order valence-corrected chi connectivity index (χ3v) is 7.36. The van der Waals surface area contributed by atoms with Crippen molar-refractivity contribution < 1.29 is 13.2 Å². The second kappa shape index (κ2) is 8.19. The summed E-state index contributed by atoms with van der Waals surface area (Å²) in [6, 6.07) is 9.93. The topological polar surface area (TPSA) is 68.5 Å². The number of aryl methyl sites for hydroxylation is 3. The third-order valence-electron chi connectivity index (χ3n) is 4.45. The maximum absolute atomic E-state index is 12.5. The highest BCUT2D eigenvalue weighted by molar-refractivity contribution is 7.92. The SMILES string of the molecule is CCCn1c(=NC(=O)CS(=O)(=O)c2ccc(Cl)cc2)sc2cc(C)c(C)cc21. The smallest absolute Gasteiger partial charge is 0.263 e. The summed E-state index contributed by atoms with van der Waals surface area (Å²) in [7, 11) is -3.77. The van der Waals surface area contributed by atoms with Gasteiger partial charge in [0.15, 0.2) is 14.6 Å². The fraction of sp³-hybridized carbons (Fsp3) is 0.300. The van der Waals surface area contributed by atoms with Gasteiger partial charge < -0.3 is 4.57 Å². The minimum Gasteiger partial charge on any atom is -0.316 e. The molecule has 1 heterocycles. The Morgan fingerprint density at radius 3 is 2.43 bits per heavy atom. The van der Waals surface area contributed by atoms with Gasteiger partial charge in [-0.1, -0.05) is 29.9 Å². The summed E-state index contributed by atoms with van der Waals surface area (Å²) in [5.74, 6) is -1.35. The van der Waals surface area contributed by atoms with E-state index >= 15 is 0 Å². The highest BCUT2D eigenvalue weighted by Gasteiger charge is 2.19. The molecule has 28 heavy (non-hydrogen) atoms. The minimum atomic E-state index is -3.77. The lowest BCUT2D eigenvalue weighted by molar-refractivity contribution is -0.115. The van der Waals surface area contributed by atoms with Crippen LogP contribution in [0.15, 0.2) is 46.3 Å². The van der Waals surface area contributed by atoms with Crippen LogP contribution in [0.25, 0.3) is 10.2 Å². The number of hydrogen-bond acceptors (Lipinski definition) is 4. The first-order valence-electron chi connectivity index (χ1n) is 8.87. The number of rotatable bonds is 5. The van der Waals surface area contributed by atoms with Gasteiger partial charge >= 0.3 is 0 Å². The van der Waals surface area contributed by atoms with Gasteiger partial charge in [0, 0.05) is 11.6 Å². The molecule has 0 bridgehead atoms. The van der Waals surface area contributed by atoms with Crippen molar-refractivity contribution in [2.75, 3.05) is 5.75 Å². The quantitative estimate of drug-likeness (QED) is 0.599. The predicted molar refractivity (Wildman–Crippen MR) is 114 cm³/mol. The molecule has 1 aromatic heterocycles. The maximum Gasteiger partial charge on any atom is 0.263 e. The summed E-state index contributed by atoms with van der Waals surface area (Å²) in [6.45, 7) is 6.84. The van der Waals surface area contributed by atoms with Crippen molar-refractivity contribution in [3.8, 4) is 0 Å². The van der Waals surface area contributed by atoms with Crippen molar-refractivity contribution in [3.63, 3.8) is 0 Å². The number of nitrogens with zero attached hydrogens (tertiary/aromatic N) is 2. The lowest BCUT2D eigenvalue weighted by atomic mass is 10.1. The highest BCUT2D eigenvalue weighted by atomic mass is 35.5. The normalized spacial score (nSPS) is 12.6. The molecule has 0 fully saturated rings. The zero-order valence-electron chi connectivity index (χ0n) is 15.9. The summed E-state index contributed by atoms with van der Waals surface area (Å²) in [5.41, 5.74) is 3.35. The molecule has 0 saturated heterocycles. The van der Waals surface area contributed by atoms with Crippen LogP contribution >= 0.6 is 22.9 Å². The molecule has 0 saturated carbocycles. The van der Waals surface area contributed by atoms with E-state index in [1.165, 1.54) is 46.7 Å². The van der Waals surface area contributed by atoms with E-state index in [9.17, 15) is 13.2 Å².